The number of fused-ring (bicyclic) bond motifs is 2. The Labute approximate surface area is 236 Å². The molecule has 2 aliphatic heterocycles. The van der Waals surface area contributed by atoms with Gasteiger partial charge in [0.25, 0.3) is 5.78 Å². The molecule has 1 N–H and O–H groups in total. The highest BCUT2D eigenvalue weighted by molar-refractivity contribution is 7.22. The number of carbonyl (C=O) groups is 2. The Balaban J connectivity index is 1.50. The lowest BCUT2D eigenvalue weighted by atomic mass is 9.94. The third-order valence-corrected chi connectivity index (χ3v) is 8.31. The first-order valence-corrected chi connectivity index (χ1v) is 14.4. The lowest BCUT2D eigenvalue weighted by Gasteiger charge is -2.23. The number of aryl methyl sites for hydroxylation is 1. The minimum absolute atomic E-state index is 0.0260. The van der Waals surface area contributed by atoms with E-state index in [2.05, 4.69) is 6.92 Å². The van der Waals surface area contributed by atoms with Crippen LogP contribution in [0.3, 0.4) is 0 Å². The Hall–Kier alpha value is -4.17. The van der Waals surface area contributed by atoms with E-state index < -0.39 is 17.7 Å². The van der Waals surface area contributed by atoms with E-state index in [0.29, 0.717) is 35.0 Å². The molecule has 6 rings (SSSR count). The fraction of sp³-hybridized carbons (Fsp3) is 0.281. The van der Waals surface area contributed by atoms with E-state index in [1.807, 2.05) is 62.4 Å². The number of hydrogen-bond acceptors (Lipinski definition) is 7. The van der Waals surface area contributed by atoms with E-state index in [1.165, 1.54) is 16.2 Å². The first kappa shape index (κ1) is 26.1. The zero-order valence-corrected chi connectivity index (χ0v) is 23.5. The third kappa shape index (κ3) is 4.62. The fourth-order valence-corrected chi connectivity index (χ4v) is 6.39. The molecule has 1 aromatic heterocycles. The molecule has 3 heterocycles. The molecular weight excluding hydrogens is 524 g/mol. The van der Waals surface area contributed by atoms with Gasteiger partial charge in [-0.2, -0.15) is 0 Å². The number of aliphatic hydroxyl groups is 1. The van der Waals surface area contributed by atoms with Gasteiger partial charge in [0.15, 0.2) is 5.13 Å². The van der Waals surface area contributed by atoms with Gasteiger partial charge in [-0.3, -0.25) is 14.5 Å². The summed E-state index contributed by atoms with van der Waals surface area (Å²) in [5.74, 6) is -0.288. The highest BCUT2D eigenvalue weighted by Gasteiger charge is 2.48. The van der Waals surface area contributed by atoms with Crippen LogP contribution in [-0.2, 0) is 16.0 Å². The summed E-state index contributed by atoms with van der Waals surface area (Å²) in [6.45, 7) is 6.64. The molecule has 2 unspecified atom stereocenters. The second-order valence-corrected chi connectivity index (χ2v) is 11.4. The van der Waals surface area contributed by atoms with Gasteiger partial charge in [-0.25, -0.2) is 4.98 Å². The van der Waals surface area contributed by atoms with Gasteiger partial charge in [0.1, 0.15) is 23.4 Å². The number of amides is 1. The quantitative estimate of drug-likeness (QED) is 0.118. The van der Waals surface area contributed by atoms with Crippen LogP contribution in [0.4, 0.5) is 5.13 Å². The number of aromatic nitrogens is 1. The normalized spacial score (nSPS) is 19.7. The standard InChI is InChI=1S/C32H30N2O5S/c1-4-5-13-38-23-8-6-7-20(17-23)28-27(29(35)21-10-12-25-22(16-21)15-19(3)39-25)30(36)31(37)34(28)32-33-24-11-9-18(2)14-26(24)40-32/h6-12,14,16-17,19,28,35H,4-5,13,15H2,1-3H3/b29-27+. The number of hydrogen-bond donors (Lipinski definition) is 1. The van der Waals surface area contributed by atoms with Crippen molar-refractivity contribution in [3.05, 3.63) is 88.5 Å². The molecule has 0 aliphatic carbocycles. The number of thiazole rings is 1. The average molecular weight is 555 g/mol. The molecule has 0 bridgehead atoms. The molecule has 2 aliphatic rings. The van der Waals surface area contributed by atoms with Crippen LogP contribution in [0.15, 0.2) is 66.2 Å². The molecule has 7 nitrogen and oxygen atoms in total. The van der Waals surface area contributed by atoms with Gasteiger partial charge < -0.3 is 14.6 Å². The predicted molar refractivity (Wildman–Crippen MR) is 156 cm³/mol. The van der Waals surface area contributed by atoms with Crippen LogP contribution in [-0.4, -0.2) is 34.5 Å². The zero-order valence-electron chi connectivity index (χ0n) is 22.6. The molecule has 1 fully saturated rings. The van der Waals surface area contributed by atoms with Crippen molar-refractivity contribution in [1.29, 1.82) is 0 Å². The monoisotopic (exact) mass is 554 g/mol. The maximum absolute atomic E-state index is 13.7. The number of rotatable bonds is 7. The third-order valence-electron chi connectivity index (χ3n) is 7.29. The van der Waals surface area contributed by atoms with E-state index in [-0.39, 0.29) is 17.4 Å². The lowest BCUT2D eigenvalue weighted by molar-refractivity contribution is -0.132. The number of benzene rings is 3. The van der Waals surface area contributed by atoms with E-state index in [4.69, 9.17) is 14.5 Å². The van der Waals surface area contributed by atoms with Crippen LogP contribution in [0.5, 0.6) is 11.5 Å². The van der Waals surface area contributed by atoms with Gasteiger partial charge in [0, 0.05) is 12.0 Å². The number of ketones is 1. The summed E-state index contributed by atoms with van der Waals surface area (Å²) in [5.41, 5.74) is 3.93. The smallest absolute Gasteiger partial charge is 0.301 e. The summed E-state index contributed by atoms with van der Waals surface area (Å²) in [6, 6.07) is 17.8. The van der Waals surface area contributed by atoms with E-state index in [1.54, 1.807) is 12.1 Å². The summed E-state index contributed by atoms with van der Waals surface area (Å²) in [6.07, 6.45) is 2.66. The van der Waals surface area contributed by atoms with Crippen LogP contribution in [0.25, 0.3) is 16.0 Å². The summed E-state index contributed by atoms with van der Waals surface area (Å²) >= 11 is 1.35. The Morgan fingerprint density at radius 3 is 2.83 bits per heavy atom. The highest BCUT2D eigenvalue weighted by atomic mass is 32.1. The molecule has 0 saturated carbocycles. The first-order valence-electron chi connectivity index (χ1n) is 13.5. The van der Waals surface area contributed by atoms with Crippen molar-refractivity contribution in [2.75, 3.05) is 11.5 Å². The largest absolute Gasteiger partial charge is 0.507 e. The number of anilines is 1. The van der Waals surface area contributed by atoms with Crippen LogP contribution in [0.2, 0.25) is 0 Å². The van der Waals surface area contributed by atoms with Crippen molar-refractivity contribution in [2.24, 2.45) is 0 Å². The highest BCUT2D eigenvalue weighted by Crippen LogP contribution is 2.45. The van der Waals surface area contributed by atoms with Gasteiger partial charge in [0.05, 0.1) is 28.4 Å². The topological polar surface area (TPSA) is 89.0 Å². The molecule has 0 spiro atoms. The molecule has 0 radical (unpaired) electrons. The van der Waals surface area contributed by atoms with Crippen molar-refractivity contribution < 1.29 is 24.2 Å². The van der Waals surface area contributed by atoms with Crippen molar-refractivity contribution in [3.63, 3.8) is 0 Å². The number of ether oxygens (including phenoxy) is 2. The van der Waals surface area contributed by atoms with Gasteiger partial charge >= 0.3 is 5.91 Å². The zero-order chi connectivity index (χ0) is 28.0. The summed E-state index contributed by atoms with van der Waals surface area (Å²) in [4.78, 5) is 33.4. The maximum atomic E-state index is 13.7. The number of aliphatic hydroxyl groups excluding tert-OH is 1. The second kappa shape index (κ2) is 10.4. The van der Waals surface area contributed by atoms with Crippen LogP contribution in [0.1, 0.15) is 55.0 Å². The molecule has 40 heavy (non-hydrogen) atoms. The van der Waals surface area contributed by atoms with Crippen molar-refractivity contribution in [3.8, 4) is 11.5 Å². The molecule has 4 aromatic rings. The lowest BCUT2D eigenvalue weighted by Crippen LogP contribution is -2.29. The number of carbonyl (C=O) groups excluding carboxylic acids is 2. The number of Topliss-reactive ketones (excluding diaryl/α,β-unsaturated/α-hetero) is 1. The molecular formula is C32H30N2O5S. The number of nitrogens with zero attached hydrogens (tertiary/aromatic N) is 2. The minimum atomic E-state index is -0.875. The second-order valence-electron chi connectivity index (χ2n) is 10.4. The minimum Gasteiger partial charge on any atom is -0.507 e. The fourth-order valence-electron chi connectivity index (χ4n) is 5.30. The molecule has 1 saturated heterocycles. The van der Waals surface area contributed by atoms with Crippen molar-refractivity contribution in [1.82, 2.24) is 4.98 Å². The van der Waals surface area contributed by atoms with Crippen LogP contribution < -0.4 is 14.4 Å². The Morgan fingerprint density at radius 1 is 1.15 bits per heavy atom. The van der Waals surface area contributed by atoms with E-state index in [9.17, 15) is 14.7 Å². The average Bonchev–Trinajstić information content (AvgIpc) is 3.60. The SMILES string of the molecule is CCCCOc1cccc(C2/C(=C(\O)c3ccc4c(c3)CC(C)O4)C(=O)C(=O)N2c2nc3ccc(C)cc3s2)c1. The summed E-state index contributed by atoms with van der Waals surface area (Å²) in [5, 5.41) is 12.0. The molecule has 1 amide bonds. The Morgan fingerprint density at radius 2 is 2.00 bits per heavy atom. The van der Waals surface area contributed by atoms with Crippen molar-refractivity contribution in [2.45, 2.75) is 52.2 Å². The predicted octanol–water partition coefficient (Wildman–Crippen LogP) is 6.73. The molecule has 204 valence electrons. The van der Waals surface area contributed by atoms with Gasteiger partial charge in [-0.15, -0.1) is 0 Å². The van der Waals surface area contributed by atoms with Crippen LogP contribution in [0, 0.1) is 6.92 Å². The number of unbranched alkanes of at least 4 members (excludes halogenated alkanes) is 1. The van der Waals surface area contributed by atoms with E-state index in [0.717, 1.165) is 39.9 Å². The molecule has 8 heteroatoms. The van der Waals surface area contributed by atoms with Crippen molar-refractivity contribution >= 4 is 44.1 Å². The maximum Gasteiger partial charge on any atom is 0.301 e. The summed E-state index contributed by atoms with van der Waals surface area (Å²) < 4.78 is 12.7. The Bertz CT molecular complexity index is 1670. The molecule has 2 atom stereocenters. The van der Waals surface area contributed by atoms with Gasteiger partial charge in [-0.1, -0.05) is 42.9 Å². The van der Waals surface area contributed by atoms with Crippen LogP contribution >= 0.6 is 11.3 Å². The van der Waals surface area contributed by atoms with Gasteiger partial charge in [0.2, 0.25) is 0 Å². The molecule has 3 aromatic carbocycles. The first-order chi connectivity index (χ1) is 19.3. The summed E-state index contributed by atoms with van der Waals surface area (Å²) in [7, 11) is 0. The van der Waals surface area contributed by atoms with Gasteiger partial charge in [-0.05, 0) is 79.4 Å². The Kier molecular flexibility index (Phi) is 6.80. The van der Waals surface area contributed by atoms with E-state index >= 15 is 0 Å².